The highest BCUT2D eigenvalue weighted by Crippen LogP contribution is 2.56. The van der Waals surface area contributed by atoms with E-state index in [4.69, 9.17) is 15.2 Å². The first-order valence-corrected chi connectivity index (χ1v) is 6.04. The van der Waals surface area contributed by atoms with Gasteiger partial charge in [-0.15, -0.1) is 0 Å². The van der Waals surface area contributed by atoms with Gasteiger partial charge in [-0.3, -0.25) is 0 Å². The Morgan fingerprint density at radius 3 is 2.29 bits per heavy atom. The van der Waals surface area contributed by atoms with E-state index in [1.54, 1.807) is 14.2 Å². The van der Waals surface area contributed by atoms with Crippen LogP contribution in [0.5, 0.6) is 11.5 Å². The molecule has 0 heterocycles. The predicted molar refractivity (Wildman–Crippen MR) is 68.8 cm³/mol. The second-order valence-corrected chi connectivity index (χ2v) is 4.94. The molecule has 0 aromatic heterocycles. The second-order valence-electron chi connectivity index (χ2n) is 4.94. The van der Waals surface area contributed by atoms with E-state index in [1.165, 1.54) is 11.1 Å². The molecule has 94 valence electrons. The molecule has 0 spiro atoms. The summed E-state index contributed by atoms with van der Waals surface area (Å²) in [7, 11) is 3.36. The van der Waals surface area contributed by atoms with Crippen molar-refractivity contribution in [1.29, 1.82) is 0 Å². The Bertz CT molecular complexity index is 422. The second kappa shape index (κ2) is 4.22. The molecule has 1 aliphatic carbocycles. The van der Waals surface area contributed by atoms with Gasteiger partial charge in [0.1, 0.15) is 0 Å². The minimum atomic E-state index is 0.0873. The maximum absolute atomic E-state index is 6.15. The van der Waals surface area contributed by atoms with E-state index < -0.39 is 0 Å². The van der Waals surface area contributed by atoms with E-state index in [-0.39, 0.29) is 11.5 Å². The van der Waals surface area contributed by atoms with Crippen molar-refractivity contribution in [3.05, 3.63) is 23.3 Å². The Kier molecular flexibility index (Phi) is 3.04. The highest BCUT2D eigenvalue weighted by atomic mass is 16.5. The molecule has 1 aromatic carbocycles. The molecule has 1 atom stereocenters. The van der Waals surface area contributed by atoms with Crippen molar-refractivity contribution in [2.24, 2.45) is 5.73 Å². The summed E-state index contributed by atoms with van der Waals surface area (Å²) in [6, 6.07) is 4.18. The molecule has 0 amide bonds. The van der Waals surface area contributed by atoms with Crippen molar-refractivity contribution in [3.8, 4) is 11.5 Å². The lowest BCUT2D eigenvalue weighted by Gasteiger charge is -2.25. The number of nitrogens with two attached hydrogens (primary N) is 1. The van der Waals surface area contributed by atoms with Gasteiger partial charge in [0.15, 0.2) is 11.5 Å². The van der Waals surface area contributed by atoms with Gasteiger partial charge in [0, 0.05) is 17.0 Å². The van der Waals surface area contributed by atoms with Gasteiger partial charge in [-0.1, -0.05) is 6.07 Å². The fraction of sp³-hybridized carbons (Fsp3) is 0.571. The van der Waals surface area contributed by atoms with E-state index >= 15 is 0 Å². The number of hydrogen-bond acceptors (Lipinski definition) is 3. The first-order valence-electron chi connectivity index (χ1n) is 6.04. The van der Waals surface area contributed by atoms with Crippen LogP contribution in [-0.2, 0) is 5.41 Å². The van der Waals surface area contributed by atoms with Crippen molar-refractivity contribution < 1.29 is 9.47 Å². The van der Waals surface area contributed by atoms with E-state index in [2.05, 4.69) is 19.9 Å². The Morgan fingerprint density at radius 1 is 1.24 bits per heavy atom. The van der Waals surface area contributed by atoms with Gasteiger partial charge in [-0.05, 0) is 38.3 Å². The number of ether oxygens (including phenoxy) is 2. The summed E-state index contributed by atoms with van der Waals surface area (Å²) < 4.78 is 10.9. The fourth-order valence-corrected chi connectivity index (χ4v) is 2.71. The van der Waals surface area contributed by atoms with Crippen LogP contribution in [0.1, 0.15) is 30.9 Å². The van der Waals surface area contributed by atoms with E-state index in [1.807, 2.05) is 6.07 Å². The number of methoxy groups -OCH3 is 2. The average molecular weight is 235 g/mol. The normalized spacial score (nSPS) is 18.6. The fourth-order valence-electron chi connectivity index (χ4n) is 2.71. The third-order valence-electron chi connectivity index (χ3n) is 3.91. The van der Waals surface area contributed by atoms with Gasteiger partial charge in [0.25, 0.3) is 0 Å². The van der Waals surface area contributed by atoms with Crippen LogP contribution < -0.4 is 15.2 Å². The number of hydrogen-bond donors (Lipinski definition) is 1. The van der Waals surface area contributed by atoms with Gasteiger partial charge in [-0.25, -0.2) is 0 Å². The SMILES string of the molecule is COc1ccc(C)c(C2(C(C)N)CC2)c1OC. The molecular weight excluding hydrogens is 214 g/mol. The highest BCUT2D eigenvalue weighted by molar-refractivity contribution is 5.56. The van der Waals surface area contributed by atoms with Gasteiger partial charge < -0.3 is 15.2 Å². The van der Waals surface area contributed by atoms with Crippen LogP contribution >= 0.6 is 0 Å². The molecule has 0 radical (unpaired) electrons. The minimum absolute atomic E-state index is 0.0873. The zero-order valence-electron chi connectivity index (χ0n) is 11.0. The maximum Gasteiger partial charge on any atom is 0.164 e. The van der Waals surface area contributed by atoms with Gasteiger partial charge >= 0.3 is 0 Å². The highest BCUT2D eigenvalue weighted by Gasteiger charge is 2.50. The van der Waals surface area contributed by atoms with Gasteiger partial charge in [-0.2, -0.15) is 0 Å². The maximum atomic E-state index is 6.15. The lowest BCUT2D eigenvalue weighted by Crippen LogP contribution is -2.32. The van der Waals surface area contributed by atoms with Crippen molar-refractivity contribution in [2.45, 2.75) is 38.1 Å². The molecule has 1 unspecified atom stereocenters. The topological polar surface area (TPSA) is 44.5 Å². The van der Waals surface area contributed by atoms with Crippen LogP contribution in [0.2, 0.25) is 0 Å². The summed E-state index contributed by atoms with van der Waals surface area (Å²) in [4.78, 5) is 0. The zero-order valence-corrected chi connectivity index (χ0v) is 11.0. The molecule has 3 heteroatoms. The molecule has 2 rings (SSSR count). The molecule has 0 bridgehead atoms. The molecular formula is C14H21NO2. The summed E-state index contributed by atoms with van der Waals surface area (Å²) >= 11 is 0. The van der Waals surface area contributed by atoms with Gasteiger partial charge in [0.05, 0.1) is 14.2 Å². The van der Waals surface area contributed by atoms with Crippen molar-refractivity contribution >= 4 is 0 Å². The van der Waals surface area contributed by atoms with E-state index in [0.717, 1.165) is 24.3 Å². The van der Waals surface area contributed by atoms with Crippen molar-refractivity contribution in [3.63, 3.8) is 0 Å². The summed E-state index contributed by atoms with van der Waals surface area (Å²) in [6.45, 7) is 4.19. The smallest absolute Gasteiger partial charge is 0.164 e. The molecule has 17 heavy (non-hydrogen) atoms. The van der Waals surface area contributed by atoms with Crippen LogP contribution in [0.25, 0.3) is 0 Å². The standard InChI is InChI=1S/C14H21NO2/c1-9-5-6-11(16-3)13(17-4)12(9)14(7-8-14)10(2)15/h5-6,10H,7-8,15H2,1-4H3. The van der Waals surface area contributed by atoms with E-state index in [9.17, 15) is 0 Å². The van der Waals surface area contributed by atoms with Crippen LogP contribution in [0.15, 0.2) is 12.1 Å². The molecule has 3 nitrogen and oxygen atoms in total. The average Bonchev–Trinajstić information content (AvgIpc) is 3.09. The minimum Gasteiger partial charge on any atom is -0.493 e. The Hall–Kier alpha value is -1.22. The Balaban J connectivity index is 2.59. The zero-order chi connectivity index (χ0) is 12.6. The summed E-state index contributed by atoms with van der Waals surface area (Å²) in [5.74, 6) is 1.64. The molecule has 0 saturated heterocycles. The van der Waals surface area contributed by atoms with Crippen LogP contribution in [0.4, 0.5) is 0 Å². The molecule has 1 saturated carbocycles. The first-order chi connectivity index (χ1) is 8.06. The lowest BCUT2D eigenvalue weighted by atomic mass is 9.85. The third-order valence-corrected chi connectivity index (χ3v) is 3.91. The van der Waals surface area contributed by atoms with E-state index in [0.29, 0.717) is 0 Å². The number of aryl methyl sites for hydroxylation is 1. The largest absolute Gasteiger partial charge is 0.493 e. The van der Waals surface area contributed by atoms with Crippen LogP contribution in [0.3, 0.4) is 0 Å². The van der Waals surface area contributed by atoms with Crippen molar-refractivity contribution in [2.75, 3.05) is 14.2 Å². The quantitative estimate of drug-likeness (QED) is 0.871. The summed E-state index contributed by atoms with van der Waals surface area (Å²) in [5.41, 5.74) is 8.70. The number of rotatable bonds is 4. The van der Waals surface area contributed by atoms with Crippen LogP contribution in [-0.4, -0.2) is 20.3 Å². The third kappa shape index (κ3) is 1.78. The monoisotopic (exact) mass is 235 g/mol. The number of benzene rings is 1. The molecule has 1 fully saturated rings. The molecule has 1 aliphatic rings. The van der Waals surface area contributed by atoms with Crippen LogP contribution in [0, 0.1) is 6.92 Å². The Labute approximate surface area is 103 Å². The van der Waals surface area contributed by atoms with Crippen molar-refractivity contribution in [1.82, 2.24) is 0 Å². The first kappa shape index (κ1) is 12.2. The molecule has 1 aromatic rings. The molecule has 0 aliphatic heterocycles. The van der Waals surface area contributed by atoms with Gasteiger partial charge in [0.2, 0.25) is 0 Å². The molecule has 2 N–H and O–H groups in total. The summed E-state index contributed by atoms with van der Waals surface area (Å²) in [5, 5.41) is 0. The predicted octanol–water partition coefficient (Wildman–Crippen LogP) is 2.39. The summed E-state index contributed by atoms with van der Waals surface area (Å²) in [6.07, 6.45) is 2.27. The lowest BCUT2D eigenvalue weighted by molar-refractivity contribution is 0.345. The Morgan fingerprint density at radius 2 is 1.88 bits per heavy atom.